The van der Waals surface area contributed by atoms with E-state index in [1.54, 1.807) is 24.0 Å². The van der Waals surface area contributed by atoms with E-state index in [0.717, 1.165) is 17.8 Å². The van der Waals surface area contributed by atoms with Crippen molar-refractivity contribution in [3.63, 3.8) is 0 Å². The highest BCUT2D eigenvalue weighted by Gasteiger charge is 2.19. The maximum Gasteiger partial charge on any atom is 0.261 e. The van der Waals surface area contributed by atoms with Crippen molar-refractivity contribution in [2.24, 2.45) is 12.2 Å². The Hall–Kier alpha value is -3.44. The lowest BCUT2D eigenvalue weighted by Gasteiger charge is -2.05. The summed E-state index contributed by atoms with van der Waals surface area (Å²) in [4.78, 5) is 4.29. The summed E-state index contributed by atoms with van der Waals surface area (Å²) in [5.41, 5.74) is 2.41. The maximum atomic E-state index is 13.5. The van der Waals surface area contributed by atoms with Crippen molar-refractivity contribution in [2.75, 3.05) is 0 Å². The number of rotatable bonds is 6. The zero-order chi connectivity index (χ0) is 22.2. The van der Waals surface area contributed by atoms with Gasteiger partial charge in [0.15, 0.2) is 11.6 Å². The van der Waals surface area contributed by atoms with Crippen LogP contribution >= 0.6 is 0 Å². The van der Waals surface area contributed by atoms with Gasteiger partial charge >= 0.3 is 0 Å². The molecule has 0 atom stereocenters. The van der Waals surface area contributed by atoms with Gasteiger partial charge in [-0.2, -0.15) is 10.1 Å². The molecule has 11 heteroatoms. The average molecular weight is 445 g/mol. The summed E-state index contributed by atoms with van der Waals surface area (Å²) in [7, 11) is -2.12. The molecular formula is C20H17F2N5O3S. The fourth-order valence-electron chi connectivity index (χ4n) is 3.16. The number of aryl methyl sites for hydroxylation is 2. The van der Waals surface area contributed by atoms with Crippen LogP contribution in [0.2, 0.25) is 0 Å². The van der Waals surface area contributed by atoms with Crippen LogP contribution in [0, 0.1) is 11.6 Å². The van der Waals surface area contributed by atoms with Gasteiger partial charge in [0.25, 0.3) is 5.89 Å². The molecule has 2 aromatic heterocycles. The number of hydrogen-bond donors (Lipinski definition) is 1. The number of nitrogens with zero attached hydrogens (tertiary/aromatic N) is 4. The van der Waals surface area contributed by atoms with Crippen molar-refractivity contribution in [3.05, 3.63) is 71.6 Å². The largest absolute Gasteiger partial charge is 0.333 e. The third-order valence-corrected chi connectivity index (χ3v) is 5.68. The van der Waals surface area contributed by atoms with E-state index in [1.807, 2.05) is 0 Å². The number of sulfonamides is 1. The molecule has 0 aliphatic rings. The van der Waals surface area contributed by atoms with Gasteiger partial charge in [0.05, 0.1) is 22.3 Å². The molecule has 0 saturated heterocycles. The molecule has 0 aliphatic carbocycles. The number of nitrogens with two attached hydrogens (primary N) is 1. The Morgan fingerprint density at radius 2 is 1.90 bits per heavy atom. The lowest BCUT2D eigenvalue weighted by Crippen LogP contribution is -2.11. The standard InChI is InChI=1S/C20H17F2N5O3S/c1-27-18(8-6-12-5-7-16(21)17(22)9-12)15(11-24-27)20-25-19(26-30-20)13-3-2-4-14(10-13)31(23,28)29/h2-5,7,9-11H,6,8H2,1H3,(H2,23,28,29). The Labute approximate surface area is 176 Å². The van der Waals surface area contributed by atoms with E-state index >= 15 is 0 Å². The van der Waals surface area contributed by atoms with Gasteiger partial charge < -0.3 is 4.52 Å². The number of hydrogen-bond acceptors (Lipinski definition) is 6. The van der Waals surface area contributed by atoms with Crippen molar-refractivity contribution >= 4 is 10.0 Å². The van der Waals surface area contributed by atoms with Crippen LogP contribution in [-0.2, 0) is 29.9 Å². The second-order valence-corrected chi connectivity index (χ2v) is 8.43. The highest BCUT2D eigenvalue weighted by Crippen LogP contribution is 2.27. The van der Waals surface area contributed by atoms with Crippen LogP contribution in [0.25, 0.3) is 22.8 Å². The molecule has 0 radical (unpaired) electrons. The molecular weight excluding hydrogens is 428 g/mol. The molecule has 0 spiro atoms. The van der Waals surface area contributed by atoms with Gasteiger partial charge in [0, 0.05) is 12.6 Å². The van der Waals surface area contributed by atoms with E-state index in [2.05, 4.69) is 15.2 Å². The van der Waals surface area contributed by atoms with E-state index in [1.165, 1.54) is 24.3 Å². The van der Waals surface area contributed by atoms with Crippen molar-refractivity contribution in [2.45, 2.75) is 17.7 Å². The molecule has 0 amide bonds. The highest BCUT2D eigenvalue weighted by atomic mass is 32.2. The van der Waals surface area contributed by atoms with Gasteiger partial charge in [-0.3, -0.25) is 4.68 Å². The van der Waals surface area contributed by atoms with Crippen molar-refractivity contribution in [1.29, 1.82) is 0 Å². The molecule has 31 heavy (non-hydrogen) atoms. The van der Waals surface area contributed by atoms with Crippen LogP contribution in [0.15, 0.2) is 58.1 Å². The van der Waals surface area contributed by atoms with E-state index in [0.29, 0.717) is 29.5 Å². The molecule has 160 valence electrons. The average Bonchev–Trinajstić information content (AvgIpc) is 3.35. The number of primary sulfonamides is 1. The van der Waals surface area contributed by atoms with Crippen LogP contribution in [0.3, 0.4) is 0 Å². The normalized spacial score (nSPS) is 11.7. The molecule has 4 rings (SSSR count). The van der Waals surface area contributed by atoms with E-state index < -0.39 is 21.7 Å². The van der Waals surface area contributed by atoms with Crippen LogP contribution in [0.1, 0.15) is 11.3 Å². The Kier molecular flexibility index (Phi) is 5.38. The fourth-order valence-corrected chi connectivity index (χ4v) is 3.72. The van der Waals surface area contributed by atoms with Gasteiger partial charge in [-0.1, -0.05) is 23.4 Å². The summed E-state index contributed by atoms with van der Waals surface area (Å²) < 4.78 is 56.8. The zero-order valence-corrected chi connectivity index (χ0v) is 17.1. The van der Waals surface area contributed by atoms with Crippen LogP contribution in [0.4, 0.5) is 8.78 Å². The summed E-state index contributed by atoms with van der Waals surface area (Å²) in [5, 5.41) is 13.3. The predicted octanol–water partition coefficient (Wildman–Crippen LogP) is 2.85. The molecule has 4 aromatic rings. The highest BCUT2D eigenvalue weighted by molar-refractivity contribution is 7.89. The Bertz CT molecular complexity index is 1360. The van der Waals surface area contributed by atoms with Crippen LogP contribution in [0.5, 0.6) is 0 Å². The lowest BCUT2D eigenvalue weighted by molar-refractivity contribution is 0.432. The summed E-state index contributed by atoms with van der Waals surface area (Å²) in [6.07, 6.45) is 2.48. The Balaban J connectivity index is 1.61. The first kappa shape index (κ1) is 20.8. The SMILES string of the molecule is Cn1ncc(-c2nc(-c3cccc(S(N)(=O)=O)c3)no2)c1CCc1ccc(F)c(F)c1. The lowest BCUT2D eigenvalue weighted by atomic mass is 10.1. The second-order valence-electron chi connectivity index (χ2n) is 6.87. The topological polar surface area (TPSA) is 117 Å². The molecule has 0 unspecified atom stereocenters. The molecule has 0 aliphatic heterocycles. The third-order valence-electron chi connectivity index (χ3n) is 4.77. The smallest absolute Gasteiger partial charge is 0.261 e. The van der Waals surface area contributed by atoms with Crippen molar-refractivity contribution < 1.29 is 21.7 Å². The molecule has 2 heterocycles. The van der Waals surface area contributed by atoms with E-state index in [-0.39, 0.29) is 16.6 Å². The van der Waals surface area contributed by atoms with Gasteiger partial charge in [-0.15, -0.1) is 0 Å². The predicted molar refractivity (Wildman–Crippen MR) is 107 cm³/mol. The second kappa shape index (κ2) is 8.00. The van der Waals surface area contributed by atoms with Crippen molar-refractivity contribution in [3.8, 4) is 22.8 Å². The van der Waals surface area contributed by atoms with Gasteiger partial charge in [0.1, 0.15) is 0 Å². The Morgan fingerprint density at radius 1 is 1.10 bits per heavy atom. The number of aromatic nitrogens is 4. The van der Waals surface area contributed by atoms with E-state index in [4.69, 9.17) is 9.66 Å². The maximum absolute atomic E-state index is 13.5. The molecule has 0 fully saturated rings. The molecule has 0 bridgehead atoms. The molecule has 0 saturated carbocycles. The minimum atomic E-state index is -3.87. The van der Waals surface area contributed by atoms with E-state index in [9.17, 15) is 17.2 Å². The molecule has 8 nitrogen and oxygen atoms in total. The first-order valence-corrected chi connectivity index (χ1v) is 10.7. The van der Waals surface area contributed by atoms with Crippen LogP contribution < -0.4 is 5.14 Å². The fraction of sp³-hybridized carbons (Fsp3) is 0.150. The molecule has 2 aromatic carbocycles. The first-order chi connectivity index (χ1) is 14.7. The number of benzene rings is 2. The third kappa shape index (κ3) is 4.37. The first-order valence-electron chi connectivity index (χ1n) is 9.14. The van der Waals surface area contributed by atoms with Gasteiger partial charge in [-0.05, 0) is 42.7 Å². The van der Waals surface area contributed by atoms with Crippen LogP contribution in [-0.4, -0.2) is 28.3 Å². The monoisotopic (exact) mass is 445 g/mol. The summed E-state index contributed by atoms with van der Waals surface area (Å²) >= 11 is 0. The number of halogens is 2. The van der Waals surface area contributed by atoms with Gasteiger partial charge in [0.2, 0.25) is 15.8 Å². The minimum absolute atomic E-state index is 0.0649. The minimum Gasteiger partial charge on any atom is -0.333 e. The summed E-state index contributed by atoms with van der Waals surface area (Å²) in [5.74, 6) is -1.40. The van der Waals surface area contributed by atoms with Crippen molar-refractivity contribution in [1.82, 2.24) is 19.9 Å². The Morgan fingerprint density at radius 3 is 2.65 bits per heavy atom. The zero-order valence-electron chi connectivity index (χ0n) is 16.3. The van der Waals surface area contributed by atoms with Gasteiger partial charge in [-0.25, -0.2) is 22.3 Å². The quantitative estimate of drug-likeness (QED) is 0.488. The summed E-state index contributed by atoms with van der Waals surface area (Å²) in [6, 6.07) is 9.68. The summed E-state index contributed by atoms with van der Waals surface area (Å²) in [6.45, 7) is 0. The molecule has 2 N–H and O–H groups in total.